The van der Waals surface area contributed by atoms with Crippen LogP contribution in [0.25, 0.3) is 17.4 Å². The lowest BCUT2D eigenvalue weighted by Gasteiger charge is -2.05. The van der Waals surface area contributed by atoms with Crippen LogP contribution in [-0.4, -0.2) is 15.9 Å². The maximum Gasteiger partial charge on any atom is 0.270 e. The van der Waals surface area contributed by atoms with Gasteiger partial charge in [0.25, 0.3) is 11.6 Å². The van der Waals surface area contributed by atoms with Gasteiger partial charge >= 0.3 is 0 Å². The van der Waals surface area contributed by atoms with E-state index in [4.69, 9.17) is 16.0 Å². The van der Waals surface area contributed by atoms with Gasteiger partial charge in [0, 0.05) is 23.8 Å². The number of anilines is 1. The molecule has 1 aromatic heterocycles. The van der Waals surface area contributed by atoms with Gasteiger partial charge in [-0.05, 0) is 30.3 Å². The summed E-state index contributed by atoms with van der Waals surface area (Å²) in [4.78, 5) is 22.5. The van der Waals surface area contributed by atoms with Crippen molar-refractivity contribution < 1.29 is 19.2 Å². The molecule has 2 N–H and O–H groups in total. The van der Waals surface area contributed by atoms with Crippen LogP contribution < -0.4 is 5.32 Å². The van der Waals surface area contributed by atoms with Crippen molar-refractivity contribution in [2.24, 2.45) is 0 Å². The Kier molecular flexibility index (Phi) is 5.62. The number of phenolic OH excluding ortho intramolecular Hbond substituents is 1. The first-order chi connectivity index (χ1) is 13.9. The van der Waals surface area contributed by atoms with Crippen LogP contribution >= 0.6 is 11.6 Å². The number of hydrogen-bond acceptors (Lipinski definition) is 6. The summed E-state index contributed by atoms with van der Waals surface area (Å²) in [5.74, 6) is -0.334. The summed E-state index contributed by atoms with van der Waals surface area (Å²) in [5.41, 5.74) is 0.188. The second-order valence-corrected chi connectivity index (χ2v) is 6.17. The minimum Gasteiger partial charge on any atom is -0.506 e. The molecule has 8 nitrogen and oxygen atoms in total. The van der Waals surface area contributed by atoms with Crippen LogP contribution in [0.5, 0.6) is 5.75 Å². The number of nitriles is 1. The fraction of sp³-hybridized carbons (Fsp3) is 0. The van der Waals surface area contributed by atoms with Gasteiger partial charge in [-0.15, -0.1) is 0 Å². The molecule has 2 aromatic carbocycles. The fourth-order valence-corrected chi connectivity index (χ4v) is 2.72. The standard InChI is InChI=1S/C20H12ClN3O5/c21-16-10-13(24(27)28)5-7-15(16)19-8-6-14(29-19)9-12(11-22)20(26)23-17-3-1-2-4-18(17)25/h1-10,25H,(H,23,26). The largest absolute Gasteiger partial charge is 0.506 e. The highest BCUT2D eigenvalue weighted by Crippen LogP contribution is 2.32. The number of rotatable bonds is 5. The Morgan fingerprint density at radius 1 is 1.24 bits per heavy atom. The molecule has 3 rings (SSSR count). The molecule has 0 radical (unpaired) electrons. The minimum absolute atomic E-state index is 0.127. The van der Waals surface area contributed by atoms with Crippen molar-refractivity contribution in [2.45, 2.75) is 0 Å². The lowest BCUT2D eigenvalue weighted by Crippen LogP contribution is -2.13. The van der Waals surface area contributed by atoms with Crippen LogP contribution in [0.15, 0.2) is 64.6 Å². The van der Waals surface area contributed by atoms with Gasteiger partial charge in [-0.2, -0.15) is 5.26 Å². The highest BCUT2D eigenvalue weighted by Gasteiger charge is 2.15. The zero-order chi connectivity index (χ0) is 21.0. The number of carbonyl (C=O) groups excluding carboxylic acids is 1. The Bertz CT molecular complexity index is 1180. The Hall–Kier alpha value is -4.09. The first-order valence-corrected chi connectivity index (χ1v) is 8.52. The molecule has 0 saturated heterocycles. The summed E-state index contributed by atoms with van der Waals surface area (Å²) in [5, 5.41) is 32.4. The number of benzene rings is 2. The Morgan fingerprint density at radius 3 is 2.66 bits per heavy atom. The van der Waals surface area contributed by atoms with Crippen molar-refractivity contribution in [1.82, 2.24) is 0 Å². The number of carbonyl (C=O) groups is 1. The van der Waals surface area contributed by atoms with Crippen molar-refractivity contribution in [3.8, 4) is 23.1 Å². The van der Waals surface area contributed by atoms with Crippen molar-refractivity contribution >= 4 is 35.0 Å². The summed E-state index contributed by atoms with van der Waals surface area (Å²) in [6.07, 6.45) is 1.23. The highest BCUT2D eigenvalue weighted by atomic mass is 35.5. The average molecular weight is 410 g/mol. The van der Waals surface area contributed by atoms with Crippen molar-refractivity contribution in [2.75, 3.05) is 5.32 Å². The van der Waals surface area contributed by atoms with Crippen LogP contribution in [0.3, 0.4) is 0 Å². The van der Waals surface area contributed by atoms with Crippen LogP contribution in [0.1, 0.15) is 5.76 Å². The lowest BCUT2D eigenvalue weighted by molar-refractivity contribution is -0.384. The number of halogens is 1. The Balaban J connectivity index is 1.84. The molecule has 0 spiro atoms. The quantitative estimate of drug-likeness (QED) is 0.205. The Morgan fingerprint density at radius 2 is 2.00 bits per heavy atom. The molecule has 1 amide bonds. The molecule has 9 heteroatoms. The van der Waals surface area contributed by atoms with Gasteiger partial charge in [-0.3, -0.25) is 14.9 Å². The molecule has 0 fully saturated rings. The summed E-state index contributed by atoms with van der Waals surface area (Å²) in [6, 6.07) is 14.9. The predicted molar refractivity (Wildman–Crippen MR) is 106 cm³/mol. The third kappa shape index (κ3) is 4.43. The highest BCUT2D eigenvalue weighted by molar-refractivity contribution is 6.33. The number of amides is 1. The Labute approximate surface area is 169 Å². The second kappa shape index (κ2) is 8.29. The predicted octanol–water partition coefficient (Wildman–Crippen LogP) is 4.76. The number of para-hydroxylation sites is 2. The molecule has 0 bridgehead atoms. The zero-order valence-corrected chi connectivity index (χ0v) is 15.4. The number of aromatic hydroxyl groups is 1. The first kappa shape index (κ1) is 19.7. The SMILES string of the molecule is N#CC(=Cc1ccc(-c2ccc([N+](=O)[O-])cc2Cl)o1)C(=O)Nc1ccccc1O. The normalized spacial score (nSPS) is 11.0. The topological polar surface area (TPSA) is 129 Å². The molecular weight excluding hydrogens is 398 g/mol. The number of non-ortho nitro benzene ring substituents is 1. The average Bonchev–Trinajstić information content (AvgIpc) is 3.16. The van der Waals surface area contributed by atoms with Gasteiger partial charge in [0.1, 0.15) is 28.9 Å². The van der Waals surface area contributed by atoms with Crippen LogP contribution in [0.4, 0.5) is 11.4 Å². The van der Waals surface area contributed by atoms with Crippen molar-refractivity contribution in [3.63, 3.8) is 0 Å². The summed E-state index contributed by atoms with van der Waals surface area (Å²) in [6.45, 7) is 0. The van der Waals surface area contributed by atoms with E-state index in [-0.39, 0.29) is 33.5 Å². The molecule has 0 aliphatic rings. The van der Waals surface area contributed by atoms with E-state index < -0.39 is 10.8 Å². The molecular formula is C20H12ClN3O5. The van der Waals surface area contributed by atoms with Gasteiger partial charge in [0.15, 0.2) is 0 Å². The number of nitro benzene ring substituents is 1. The molecule has 3 aromatic rings. The second-order valence-electron chi connectivity index (χ2n) is 5.76. The summed E-state index contributed by atoms with van der Waals surface area (Å²) in [7, 11) is 0. The van der Waals surface area contributed by atoms with Gasteiger partial charge < -0.3 is 14.8 Å². The van der Waals surface area contributed by atoms with E-state index in [1.165, 1.54) is 42.5 Å². The van der Waals surface area contributed by atoms with E-state index in [0.29, 0.717) is 11.3 Å². The van der Waals surface area contributed by atoms with Gasteiger partial charge in [0.05, 0.1) is 15.6 Å². The molecule has 0 unspecified atom stereocenters. The van der Waals surface area contributed by atoms with E-state index in [9.17, 15) is 25.3 Å². The monoisotopic (exact) mass is 409 g/mol. The first-order valence-electron chi connectivity index (χ1n) is 8.14. The molecule has 144 valence electrons. The molecule has 29 heavy (non-hydrogen) atoms. The number of furan rings is 1. The number of nitrogens with one attached hydrogen (secondary N) is 1. The zero-order valence-electron chi connectivity index (χ0n) is 14.6. The van der Waals surface area contributed by atoms with Gasteiger partial charge in [-0.1, -0.05) is 23.7 Å². The van der Waals surface area contributed by atoms with E-state index in [1.807, 2.05) is 0 Å². The van der Waals surface area contributed by atoms with Crippen LogP contribution in [0, 0.1) is 21.4 Å². The van der Waals surface area contributed by atoms with Crippen molar-refractivity contribution in [1.29, 1.82) is 5.26 Å². The number of hydrogen-bond donors (Lipinski definition) is 2. The van der Waals surface area contributed by atoms with Crippen molar-refractivity contribution in [3.05, 3.63) is 81.1 Å². The van der Waals surface area contributed by atoms with Gasteiger partial charge in [-0.25, -0.2) is 0 Å². The summed E-state index contributed by atoms with van der Waals surface area (Å²) < 4.78 is 5.60. The van der Waals surface area contributed by atoms with Crippen LogP contribution in [-0.2, 0) is 4.79 Å². The maximum absolute atomic E-state index is 12.3. The minimum atomic E-state index is -0.722. The van der Waals surface area contributed by atoms with E-state index in [2.05, 4.69) is 5.32 Å². The number of phenols is 1. The molecule has 0 aliphatic carbocycles. The third-order valence-electron chi connectivity index (χ3n) is 3.86. The lowest BCUT2D eigenvalue weighted by atomic mass is 10.1. The van der Waals surface area contributed by atoms with E-state index >= 15 is 0 Å². The molecule has 0 atom stereocenters. The van der Waals surface area contributed by atoms with Gasteiger partial charge in [0.2, 0.25) is 0 Å². The fourth-order valence-electron chi connectivity index (χ4n) is 2.45. The third-order valence-corrected chi connectivity index (χ3v) is 4.17. The molecule has 0 saturated carbocycles. The number of nitro groups is 1. The maximum atomic E-state index is 12.3. The van der Waals surface area contributed by atoms with E-state index in [1.54, 1.807) is 24.3 Å². The van der Waals surface area contributed by atoms with E-state index in [0.717, 1.165) is 0 Å². The smallest absolute Gasteiger partial charge is 0.270 e. The molecule has 0 aliphatic heterocycles. The molecule has 1 heterocycles. The van der Waals surface area contributed by atoms with Crippen LogP contribution in [0.2, 0.25) is 5.02 Å². The number of nitrogens with zero attached hydrogens (tertiary/aromatic N) is 2. The summed E-state index contributed by atoms with van der Waals surface area (Å²) >= 11 is 6.09.